The van der Waals surface area contributed by atoms with E-state index in [1.165, 1.54) is 0 Å². The molecule has 1 amide bonds. The van der Waals surface area contributed by atoms with Crippen molar-refractivity contribution >= 4 is 28.9 Å². The van der Waals surface area contributed by atoms with Crippen molar-refractivity contribution in [1.29, 1.82) is 0 Å². The molecule has 0 aliphatic carbocycles. The van der Waals surface area contributed by atoms with Crippen molar-refractivity contribution in [3.05, 3.63) is 41.7 Å². The summed E-state index contributed by atoms with van der Waals surface area (Å²) in [5.41, 5.74) is 3.08. The standard InChI is InChI=1S/C20H28N4OS/c1-15(2)16-12-22-8-6-17(16)23-10-11-26-18(13-23)19(25)24-9-5-7-20(3,14-24)21-4/h6,8,12-13,21H,1,5,7,9-11,14H2,2-4H3/t20-/m0/s1. The molecule has 2 aliphatic rings. The van der Waals surface area contributed by atoms with E-state index in [4.69, 9.17) is 0 Å². The number of hydrogen-bond donors (Lipinski definition) is 1. The third-order valence-electron chi connectivity index (χ3n) is 5.23. The van der Waals surface area contributed by atoms with Gasteiger partial charge in [0.25, 0.3) is 5.91 Å². The number of rotatable bonds is 4. The molecule has 2 aliphatic heterocycles. The van der Waals surface area contributed by atoms with Gasteiger partial charge in [0.15, 0.2) is 0 Å². The van der Waals surface area contributed by atoms with Gasteiger partial charge in [-0.1, -0.05) is 6.58 Å². The van der Waals surface area contributed by atoms with Crippen LogP contribution in [0.4, 0.5) is 5.69 Å². The van der Waals surface area contributed by atoms with Gasteiger partial charge in [-0.05, 0) is 45.4 Å². The van der Waals surface area contributed by atoms with E-state index in [9.17, 15) is 4.79 Å². The highest BCUT2D eigenvalue weighted by atomic mass is 32.2. The molecule has 6 heteroatoms. The zero-order chi connectivity index (χ0) is 18.7. The maximum atomic E-state index is 13.1. The molecule has 0 saturated carbocycles. The van der Waals surface area contributed by atoms with Crippen LogP contribution in [0.15, 0.2) is 36.1 Å². The van der Waals surface area contributed by atoms with Gasteiger partial charge in [0.1, 0.15) is 0 Å². The van der Waals surface area contributed by atoms with Gasteiger partial charge < -0.3 is 15.1 Å². The summed E-state index contributed by atoms with van der Waals surface area (Å²) in [5, 5.41) is 3.38. The molecule has 0 radical (unpaired) electrons. The lowest BCUT2D eigenvalue weighted by Gasteiger charge is -2.41. The van der Waals surface area contributed by atoms with E-state index in [1.807, 2.05) is 37.3 Å². The van der Waals surface area contributed by atoms with Crippen LogP contribution in [0.2, 0.25) is 0 Å². The average Bonchev–Trinajstić information content (AvgIpc) is 2.67. The molecule has 26 heavy (non-hydrogen) atoms. The van der Waals surface area contributed by atoms with Crippen molar-refractivity contribution in [2.45, 2.75) is 32.2 Å². The van der Waals surface area contributed by atoms with E-state index in [0.717, 1.165) is 60.0 Å². The summed E-state index contributed by atoms with van der Waals surface area (Å²) < 4.78 is 0. The second-order valence-corrected chi connectivity index (χ2v) is 8.49. The fraction of sp³-hybridized carbons (Fsp3) is 0.500. The zero-order valence-corrected chi connectivity index (χ0v) is 16.7. The number of likely N-dealkylation sites (tertiary alicyclic amines) is 1. The Kier molecular flexibility index (Phi) is 5.73. The molecule has 3 rings (SSSR count). The lowest BCUT2D eigenvalue weighted by atomic mass is 9.91. The number of nitrogens with zero attached hydrogens (tertiary/aromatic N) is 3. The molecule has 1 aromatic heterocycles. The van der Waals surface area contributed by atoms with Crippen molar-refractivity contribution in [3.8, 4) is 0 Å². The Bertz CT molecular complexity index is 732. The molecule has 1 saturated heterocycles. The number of amides is 1. The van der Waals surface area contributed by atoms with E-state index in [-0.39, 0.29) is 11.4 Å². The Balaban J connectivity index is 1.83. The second-order valence-electron chi connectivity index (χ2n) is 7.35. The summed E-state index contributed by atoms with van der Waals surface area (Å²) in [6.07, 6.45) is 7.78. The fourth-order valence-corrected chi connectivity index (χ4v) is 4.51. The van der Waals surface area contributed by atoms with E-state index in [1.54, 1.807) is 18.0 Å². The van der Waals surface area contributed by atoms with Gasteiger partial charge in [0.2, 0.25) is 0 Å². The highest BCUT2D eigenvalue weighted by molar-refractivity contribution is 8.04. The predicted molar refractivity (Wildman–Crippen MR) is 110 cm³/mol. The van der Waals surface area contributed by atoms with Crippen LogP contribution in [0.3, 0.4) is 0 Å². The number of pyridine rings is 1. The summed E-state index contributed by atoms with van der Waals surface area (Å²) in [6.45, 7) is 10.7. The zero-order valence-electron chi connectivity index (χ0n) is 15.9. The van der Waals surface area contributed by atoms with Crippen LogP contribution in [-0.4, -0.2) is 53.8 Å². The smallest absolute Gasteiger partial charge is 0.261 e. The Morgan fingerprint density at radius 3 is 2.96 bits per heavy atom. The molecular weight excluding hydrogens is 344 g/mol. The summed E-state index contributed by atoms with van der Waals surface area (Å²) in [5.74, 6) is 1.04. The van der Waals surface area contributed by atoms with Gasteiger partial charge in [-0.3, -0.25) is 9.78 Å². The van der Waals surface area contributed by atoms with Crippen molar-refractivity contribution in [3.63, 3.8) is 0 Å². The highest BCUT2D eigenvalue weighted by Gasteiger charge is 2.33. The van der Waals surface area contributed by atoms with E-state index in [2.05, 4.69) is 28.7 Å². The first-order chi connectivity index (χ1) is 12.4. The van der Waals surface area contributed by atoms with Gasteiger partial charge in [-0.25, -0.2) is 0 Å². The monoisotopic (exact) mass is 372 g/mol. The summed E-state index contributed by atoms with van der Waals surface area (Å²) >= 11 is 1.66. The van der Waals surface area contributed by atoms with Gasteiger partial charge in [-0.2, -0.15) is 0 Å². The molecule has 0 unspecified atom stereocenters. The maximum Gasteiger partial charge on any atom is 0.261 e. The molecule has 1 fully saturated rings. The van der Waals surface area contributed by atoms with Crippen LogP contribution in [0.5, 0.6) is 0 Å². The van der Waals surface area contributed by atoms with Crippen molar-refractivity contribution in [2.75, 3.05) is 37.3 Å². The quantitative estimate of drug-likeness (QED) is 0.880. The van der Waals surface area contributed by atoms with Crippen LogP contribution < -0.4 is 10.2 Å². The third-order valence-corrected chi connectivity index (χ3v) is 6.21. The van der Waals surface area contributed by atoms with Gasteiger partial charge in [0, 0.05) is 55.1 Å². The molecule has 1 N–H and O–H groups in total. The third kappa shape index (κ3) is 3.96. The van der Waals surface area contributed by atoms with E-state index < -0.39 is 0 Å². The van der Waals surface area contributed by atoms with Crippen molar-refractivity contribution in [1.82, 2.24) is 15.2 Å². The Morgan fingerprint density at radius 1 is 1.42 bits per heavy atom. The molecule has 0 bridgehead atoms. The van der Waals surface area contributed by atoms with E-state index in [0.29, 0.717) is 0 Å². The molecule has 5 nitrogen and oxygen atoms in total. The minimum Gasteiger partial charge on any atom is -0.345 e. The minimum atomic E-state index is 0.00567. The van der Waals surface area contributed by atoms with Crippen molar-refractivity contribution < 1.29 is 4.79 Å². The van der Waals surface area contributed by atoms with Gasteiger partial charge in [-0.15, -0.1) is 11.8 Å². The molecular formula is C20H28N4OS. The van der Waals surface area contributed by atoms with Crippen LogP contribution in [0.25, 0.3) is 5.57 Å². The SMILES string of the molecule is C=C(C)c1cnccc1N1C=C(C(=O)N2CCC[C@](C)(NC)C2)SCC1. The number of piperidine rings is 1. The summed E-state index contributed by atoms with van der Waals surface area (Å²) in [4.78, 5) is 22.3. The first-order valence-corrected chi connectivity index (χ1v) is 10.1. The number of aromatic nitrogens is 1. The highest BCUT2D eigenvalue weighted by Crippen LogP contribution is 2.32. The van der Waals surface area contributed by atoms with Crippen LogP contribution >= 0.6 is 11.8 Å². The summed E-state index contributed by atoms with van der Waals surface area (Å²) in [7, 11) is 1.98. The lowest BCUT2D eigenvalue weighted by Crippen LogP contribution is -2.55. The Hall–Kier alpha value is -1.79. The topological polar surface area (TPSA) is 48.5 Å². The Morgan fingerprint density at radius 2 is 2.23 bits per heavy atom. The lowest BCUT2D eigenvalue weighted by molar-refractivity contribution is -0.128. The predicted octanol–water partition coefficient (Wildman–Crippen LogP) is 3.11. The average molecular weight is 373 g/mol. The molecule has 3 heterocycles. The number of hydrogen-bond acceptors (Lipinski definition) is 5. The number of likely N-dealkylation sites (N-methyl/N-ethyl adjacent to an activating group) is 1. The fourth-order valence-electron chi connectivity index (χ4n) is 3.54. The summed E-state index contributed by atoms with van der Waals surface area (Å²) in [6, 6.07) is 2.00. The maximum absolute atomic E-state index is 13.1. The van der Waals surface area contributed by atoms with Gasteiger partial charge in [0.05, 0.1) is 10.6 Å². The number of thioether (sulfide) groups is 1. The molecule has 140 valence electrons. The van der Waals surface area contributed by atoms with Crippen LogP contribution in [0, 0.1) is 0 Å². The first kappa shape index (κ1) is 19.0. The van der Waals surface area contributed by atoms with Crippen LogP contribution in [0.1, 0.15) is 32.3 Å². The minimum absolute atomic E-state index is 0.00567. The second kappa shape index (κ2) is 7.84. The molecule has 0 aromatic carbocycles. The van der Waals surface area contributed by atoms with E-state index >= 15 is 0 Å². The molecule has 0 spiro atoms. The first-order valence-electron chi connectivity index (χ1n) is 9.13. The number of anilines is 1. The number of carbonyl (C=O) groups is 1. The molecule has 1 aromatic rings. The Labute approximate surface area is 160 Å². The van der Waals surface area contributed by atoms with Crippen LogP contribution in [-0.2, 0) is 4.79 Å². The van der Waals surface area contributed by atoms with Gasteiger partial charge >= 0.3 is 0 Å². The number of nitrogens with one attached hydrogen (secondary N) is 1. The normalized spacial score (nSPS) is 23.6. The number of carbonyl (C=O) groups excluding carboxylic acids is 1. The number of allylic oxidation sites excluding steroid dienone is 1. The molecule has 1 atom stereocenters. The largest absolute Gasteiger partial charge is 0.345 e. The van der Waals surface area contributed by atoms with Crippen molar-refractivity contribution in [2.24, 2.45) is 0 Å².